The number of nitrogens with zero attached hydrogens (tertiary/aromatic N) is 2. The van der Waals surface area contributed by atoms with Gasteiger partial charge in [0.1, 0.15) is 5.82 Å². The number of halogens is 1. The highest BCUT2D eigenvalue weighted by atomic mass is 19.1. The van der Waals surface area contributed by atoms with E-state index in [2.05, 4.69) is 25.7 Å². The average molecular weight is 279 g/mol. The Balaban J connectivity index is 2.05. The highest BCUT2D eigenvalue weighted by Gasteiger charge is 2.28. The Bertz CT molecular complexity index is 482. The maximum absolute atomic E-state index is 13.3. The van der Waals surface area contributed by atoms with E-state index in [-0.39, 0.29) is 17.1 Å². The van der Waals surface area contributed by atoms with E-state index >= 15 is 0 Å². The number of piperazine rings is 1. The van der Waals surface area contributed by atoms with Gasteiger partial charge in [-0.3, -0.25) is 9.69 Å². The first-order valence-electron chi connectivity index (χ1n) is 6.88. The van der Waals surface area contributed by atoms with Gasteiger partial charge in [0.05, 0.1) is 0 Å². The van der Waals surface area contributed by atoms with Crippen LogP contribution in [0.4, 0.5) is 10.1 Å². The summed E-state index contributed by atoms with van der Waals surface area (Å²) in [5.74, 6) is -0.619. The summed E-state index contributed by atoms with van der Waals surface area (Å²) in [4.78, 5) is 16.5. The maximum Gasteiger partial charge on any atom is 0.254 e. The number of nitrogens with two attached hydrogens (primary N) is 1. The van der Waals surface area contributed by atoms with E-state index < -0.39 is 5.82 Å². The van der Waals surface area contributed by atoms with Crippen molar-refractivity contribution in [1.82, 2.24) is 9.80 Å². The third-order valence-electron chi connectivity index (χ3n) is 3.68. The Labute approximate surface area is 119 Å². The third-order valence-corrected chi connectivity index (χ3v) is 3.68. The standard InChI is InChI=1S/C15H22FN3O/c1-15(2,3)19-6-4-18(5-7-19)14(20)11-8-12(16)10-13(17)9-11/h8-10H,4-7,17H2,1-3H3. The summed E-state index contributed by atoms with van der Waals surface area (Å²) < 4.78 is 13.3. The molecule has 1 heterocycles. The zero-order chi connectivity index (χ0) is 14.9. The van der Waals surface area contributed by atoms with Crippen molar-refractivity contribution in [3.63, 3.8) is 0 Å². The fourth-order valence-corrected chi connectivity index (χ4v) is 2.50. The molecule has 1 aromatic rings. The van der Waals surface area contributed by atoms with Gasteiger partial charge >= 0.3 is 0 Å². The number of carbonyl (C=O) groups excluding carboxylic acids is 1. The van der Waals surface area contributed by atoms with E-state index in [4.69, 9.17) is 5.73 Å². The van der Waals surface area contributed by atoms with E-state index in [1.807, 2.05) is 0 Å². The molecule has 0 radical (unpaired) electrons. The molecule has 1 aromatic carbocycles. The van der Waals surface area contributed by atoms with E-state index in [1.165, 1.54) is 18.2 Å². The average Bonchev–Trinajstić information content (AvgIpc) is 2.36. The van der Waals surface area contributed by atoms with Gasteiger partial charge in [0, 0.05) is 43.0 Å². The lowest BCUT2D eigenvalue weighted by molar-refractivity contribution is 0.0451. The number of hydrogen-bond donors (Lipinski definition) is 1. The first-order valence-corrected chi connectivity index (χ1v) is 6.88. The van der Waals surface area contributed by atoms with Crippen molar-refractivity contribution in [3.8, 4) is 0 Å². The molecule has 4 nitrogen and oxygen atoms in total. The van der Waals surface area contributed by atoms with Gasteiger partial charge in [-0.15, -0.1) is 0 Å². The number of anilines is 1. The Morgan fingerprint density at radius 2 is 1.75 bits per heavy atom. The molecule has 2 rings (SSSR count). The van der Waals surface area contributed by atoms with E-state index in [9.17, 15) is 9.18 Å². The van der Waals surface area contributed by atoms with Gasteiger partial charge in [0.25, 0.3) is 5.91 Å². The Hall–Kier alpha value is -1.62. The van der Waals surface area contributed by atoms with Crippen LogP contribution in [0.1, 0.15) is 31.1 Å². The van der Waals surface area contributed by atoms with Crippen molar-refractivity contribution in [1.29, 1.82) is 0 Å². The third kappa shape index (κ3) is 3.28. The molecule has 1 amide bonds. The first-order chi connectivity index (χ1) is 9.27. The second-order valence-electron chi connectivity index (χ2n) is 6.22. The van der Waals surface area contributed by atoms with Gasteiger partial charge in [-0.25, -0.2) is 4.39 Å². The normalized spacial score (nSPS) is 17.3. The van der Waals surface area contributed by atoms with Gasteiger partial charge in [0.2, 0.25) is 0 Å². The minimum Gasteiger partial charge on any atom is -0.399 e. The smallest absolute Gasteiger partial charge is 0.254 e. The van der Waals surface area contributed by atoms with Crippen LogP contribution in [0.15, 0.2) is 18.2 Å². The van der Waals surface area contributed by atoms with Gasteiger partial charge in [-0.1, -0.05) is 0 Å². The molecule has 1 saturated heterocycles. The topological polar surface area (TPSA) is 49.6 Å². The van der Waals surface area contributed by atoms with Crippen LogP contribution in [0.3, 0.4) is 0 Å². The molecule has 0 aliphatic carbocycles. The highest BCUT2D eigenvalue weighted by Crippen LogP contribution is 2.18. The summed E-state index contributed by atoms with van der Waals surface area (Å²) in [7, 11) is 0. The van der Waals surface area contributed by atoms with Gasteiger partial charge in [-0.2, -0.15) is 0 Å². The molecule has 1 aliphatic rings. The largest absolute Gasteiger partial charge is 0.399 e. The lowest BCUT2D eigenvalue weighted by Gasteiger charge is -2.42. The Kier molecular flexibility index (Phi) is 3.99. The van der Waals surface area contributed by atoms with Crippen molar-refractivity contribution < 1.29 is 9.18 Å². The molecule has 0 atom stereocenters. The van der Waals surface area contributed by atoms with Gasteiger partial charge in [0.15, 0.2) is 0 Å². The van der Waals surface area contributed by atoms with Crippen LogP contribution in [-0.2, 0) is 0 Å². The van der Waals surface area contributed by atoms with Crippen LogP contribution < -0.4 is 5.73 Å². The van der Waals surface area contributed by atoms with Crippen LogP contribution in [0.25, 0.3) is 0 Å². The molecule has 1 aliphatic heterocycles. The molecular formula is C15H22FN3O. The summed E-state index contributed by atoms with van der Waals surface area (Å²) in [6.45, 7) is 9.48. The number of amides is 1. The second-order valence-corrected chi connectivity index (χ2v) is 6.22. The predicted molar refractivity (Wildman–Crippen MR) is 78.0 cm³/mol. The van der Waals surface area contributed by atoms with Gasteiger partial charge in [-0.05, 0) is 39.0 Å². The van der Waals surface area contributed by atoms with Crippen LogP contribution in [0, 0.1) is 5.82 Å². The van der Waals surface area contributed by atoms with Crippen molar-refractivity contribution in [2.45, 2.75) is 26.3 Å². The highest BCUT2D eigenvalue weighted by molar-refractivity contribution is 5.95. The monoisotopic (exact) mass is 279 g/mol. The zero-order valence-corrected chi connectivity index (χ0v) is 12.3. The number of nitrogen functional groups attached to an aromatic ring is 1. The minimum atomic E-state index is -0.471. The van der Waals surface area contributed by atoms with E-state index in [0.29, 0.717) is 18.7 Å². The van der Waals surface area contributed by atoms with Crippen LogP contribution in [-0.4, -0.2) is 47.4 Å². The molecule has 110 valence electrons. The lowest BCUT2D eigenvalue weighted by atomic mass is 10.0. The fraction of sp³-hybridized carbons (Fsp3) is 0.533. The van der Waals surface area contributed by atoms with Crippen molar-refractivity contribution in [3.05, 3.63) is 29.6 Å². The summed E-state index contributed by atoms with van der Waals surface area (Å²) in [6, 6.07) is 3.99. The fourth-order valence-electron chi connectivity index (χ4n) is 2.50. The number of rotatable bonds is 1. The van der Waals surface area contributed by atoms with E-state index in [1.54, 1.807) is 4.90 Å². The molecule has 5 heteroatoms. The summed E-state index contributed by atoms with van der Waals surface area (Å²) in [5.41, 5.74) is 6.30. The lowest BCUT2D eigenvalue weighted by Crippen LogP contribution is -2.54. The molecule has 0 spiro atoms. The summed E-state index contributed by atoms with van der Waals surface area (Å²) >= 11 is 0. The number of carbonyl (C=O) groups is 1. The van der Waals surface area contributed by atoms with Crippen molar-refractivity contribution >= 4 is 11.6 Å². The minimum absolute atomic E-state index is 0.110. The molecule has 0 unspecified atom stereocenters. The molecule has 0 bridgehead atoms. The maximum atomic E-state index is 13.3. The molecule has 1 fully saturated rings. The van der Waals surface area contributed by atoms with Crippen LogP contribution in [0.2, 0.25) is 0 Å². The molecule has 0 aromatic heterocycles. The number of benzene rings is 1. The zero-order valence-electron chi connectivity index (χ0n) is 12.3. The first kappa shape index (κ1) is 14.8. The quantitative estimate of drug-likeness (QED) is 0.800. The molecule has 2 N–H and O–H groups in total. The summed E-state index contributed by atoms with van der Waals surface area (Å²) in [5, 5.41) is 0. The van der Waals surface area contributed by atoms with Crippen molar-refractivity contribution in [2.24, 2.45) is 0 Å². The molecule has 20 heavy (non-hydrogen) atoms. The van der Waals surface area contributed by atoms with Gasteiger partial charge < -0.3 is 10.6 Å². The second kappa shape index (κ2) is 5.40. The SMILES string of the molecule is CC(C)(C)N1CCN(C(=O)c2cc(N)cc(F)c2)CC1. The summed E-state index contributed by atoms with van der Waals surface area (Å²) in [6.07, 6.45) is 0. The Morgan fingerprint density at radius 1 is 1.15 bits per heavy atom. The predicted octanol–water partition coefficient (Wildman–Crippen LogP) is 1.96. The Morgan fingerprint density at radius 3 is 2.25 bits per heavy atom. The molecular weight excluding hydrogens is 257 g/mol. The van der Waals surface area contributed by atoms with Crippen molar-refractivity contribution in [2.75, 3.05) is 31.9 Å². The number of hydrogen-bond acceptors (Lipinski definition) is 3. The van der Waals surface area contributed by atoms with Crippen LogP contribution in [0.5, 0.6) is 0 Å². The van der Waals surface area contributed by atoms with Crippen LogP contribution >= 0.6 is 0 Å². The molecule has 0 saturated carbocycles. The van der Waals surface area contributed by atoms with E-state index in [0.717, 1.165) is 13.1 Å².